The van der Waals surface area contributed by atoms with Crippen molar-refractivity contribution in [1.82, 2.24) is 5.32 Å². The topological polar surface area (TPSA) is 130 Å². The molecule has 33 heavy (non-hydrogen) atoms. The minimum atomic E-state index is -1.06. The van der Waals surface area contributed by atoms with Crippen molar-refractivity contribution < 1.29 is 39.4 Å². The molecule has 0 aromatic heterocycles. The first kappa shape index (κ1) is 27.2. The van der Waals surface area contributed by atoms with E-state index in [1.807, 2.05) is 0 Å². The molecule has 3 rings (SSSR count). The van der Waals surface area contributed by atoms with Crippen LogP contribution in [0.2, 0.25) is 0 Å². The molecule has 1 saturated carbocycles. The van der Waals surface area contributed by atoms with Gasteiger partial charge in [0, 0.05) is 18.4 Å². The lowest BCUT2D eigenvalue weighted by molar-refractivity contribution is -0.316. The van der Waals surface area contributed by atoms with Crippen molar-refractivity contribution in [2.24, 2.45) is 11.8 Å². The first-order valence-corrected chi connectivity index (χ1v) is 12.8. The summed E-state index contributed by atoms with van der Waals surface area (Å²) in [5.74, 6) is 0.300. The van der Waals surface area contributed by atoms with Crippen molar-refractivity contribution in [2.45, 2.75) is 128 Å². The van der Waals surface area contributed by atoms with Gasteiger partial charge in [-0.1, -0.05) is 27.7 Å². The maximum atomic E-state index is 11.4. The zero-order valence-electron chi connectivity index (χ0n) is 20.5. The fourth-order valence-electron chi connectivity index (χ4n) is 5.25. The third-order valence-electron chi connectivity index (χ3n) is 7.40. The Kier molecular flexibility index (Phi) is 10.4. The van der Waals surface area contributed by atoms with Gasteiger partial charge in [-0.2, -0.15) is 0 Å². The van der Waals surface area contributed by atoms with E-state index >= 15 is 0 Å². The highest BCUT2D eigenvalue weighted by Gasteiger charge is 2.48. The Morgan fingerprint density at radius 2 is 1.61 bits per heavy atom. The third kappa shape index (κ3) is 6.65. The van der Waals surface area contributed by atoms with Crippen molar-refractivity contribution in [1.29, 1.82) is 0 Å². The molecule has 0 aromatic rings. The van der Waals surface area contributed by atoms with E-state index in [4.69, 9.17) is 18.9 Å². The van der Waals surface area contributed by atoms with E-state index in [1.54, 1.807) is 0 Å². The second kappa shape index (κ2) is 12.6. The average molecular weight is 476 g/mol. The predicted molar refractivity (Wildman–Crippen MR) is 121 cm³/mol. The monoisotopic (exact) mass is 475 g/mol. The van der Waals surface area contributed by atoms with Crippen LogP contribution < -0.4 is 5.32 Å². The van der Waals surface area contributed by atoms with Gasteiger partial charge in [0.15, 0.2) is 12.6 Å². The Morgan fingerprint density at radius 3 is 2.27 bits per heavy atom. The van der Waals surface area contributed by atoms with Gasteiger partial charge in [-0.3, -0.25) is 0 Å². The molecule has 3 fully saturated rings. The third-order valence-corrected chi connectivity index (χ3v) is 7.40. The molecule has 194 valence electrons. The van der Waals surface area contributed by atoms with E-state index in [0.29, 0.717) is 0 Å². The van der Waals surface area contributed by atoms with E-state index in [0.717, 1.165) is 38.6 Å². The summed E-state index contributed by atoms with van der Waals surface area (Å²) in [6.07, 6.45) is -1.62. The summed E-state index contributed by atoms with van der Waals surface area (Å²) in [7, 11) is 0. The zero-order chi connectivity index (χ0) is 24.1. The van der Waals surface area contributed by atoms with Crippen LogP contribution in [0.25, 0.3) is 0 Å². The average Bonchev–Trinajstić information content (AvgIpc) is 2.79. The fraction of sp³-hybridized carbons (Fsp3) is 1.00. The summed E-state index contributed by atoms with van der Waals surface area (Å²) in [5.41, 5.74) is 0. The van der Waals surface area contributed by atoms with Gasteiger partial charge >= 0.3 is 0 Å². The lowest BCUT2D eigenvalue weighted by Crippen LogP contribution is -2.62. The smallest absolute Gasteiger partial charge is 0.184 e. The molecule has 2 aliphatic heterocycles. The van der Waals surface area contributed by atoms with Crippen LogP contribution in [0.15, 0.2) is 0 Å². The van der Waals surface area contributed by atoms with E-state index in [9.17, 15) is 20.4 Å². The number of aliphatic hydroxyl groups excluding tert-OH is 4. The Balaban J connectivity index is 1.73. The second-order valence-corrected chi connectivity index (χ2v) is 10.2. The molecule has 0 radical (unpaired) electrons. The minimum absolute atomic E-state index is 0.0356. The highest BCUT2D eigenvalue weighted by Crippen LogP contribution is 2.36. The van der Waals surface area contributed by atoms with Gasteiger partial charge in [0.05, 0.1) is 24.9 Å². The summed E-state index contributed by atoms with van der Waals surface area (Å²) in [4.78, 5) is 0. The minimum Gasteiger partial charge on any atom is -0.394 e. The van der Waals surface area contributed by atoms with Crippen molar-refractivity contribution in [3.8, 4) is 0 Å². The number of hydrogen-bond donors (Lipinski definition) is 5. The van der Waals surface area contributed by atoms with Crippen LogP contribution in [0.3, 0.4) is 0 Å². The van der Waals surface area contributed by atoms with E-state index in [2.05, 4.69) is 33.0 Å². The van der Waals surface area contributed by atoms with Gasteiger partial charge in [-0.05, 0) is 44.6 Å². The standard InChI is InChI=1S/C24H45NO8/c1-5-9-25-16-10-14(4)21(32-23-13(3)7-8-15(6-2)30-23)20(29)22(16)33-24-18(28)11-17(27)19(12-26)31-24/h13-29H,5-12H2,1-4H3. The molecule has 9 nitrogen and oxygen atoms in total. The Morgan fingerprint density at radius 1 is 0.879 bits per heavy atom. The van der Waals surface area contributed by atoms with E-state index < -0.39 is 42.9 Å². The van der Waals surface area contributed by atoms with Crippen LogP contribution in [-0.2, 0) is 18.9 Å². The Bertz CT molecular complexity index is 583. The SMILES string of the molecule is CCCNC1CC(C)C(OC2OC(CC)CCC2C)C(O)C1OC1OC(CO)C(O)CC1O. The lowest BCUT2D eigenvalue weighted by atomic mass is 9.79. The van der Waals surface area contributed by atoms with Gasteiger partial charge in [0.2, 0.25) is 0 Å². The summed E-state index contributed by atoms with van der Waals surface area (Å²) in [6, 6.07) is -0.155. The molecule has 12 unspecified atom stereocenters. The van der Waals surface area contributed by atoms with Crippen molar-refractivity contribution in [3.05, 3.63) is 0 Å². The summed E-state index contributed by atoms with van der Waals surface area (Å²) >= 11 is 0. The highest BCUT2D eigenvalue weighted by atomic mass is 16.7. The summed E-state index contributed by atoms with van der Waals surface area (Å²) in [5, 5.41) is 44.9. The van der Waals surface area contributed by atoms with Gasteiger partial charge < -0.3 is 44.7 Å². The predicted octanol–water partition coefficient (Wildman–Crippen LogP) is 0.906. The molecule has 0 spiro atoms. The van der Waals surface area contributed by atoms with Gasteiger partial charge in [0.25, 0.3) is 0 Å². The number of hydrogen-bond acceptors (Lipinski definition) is 9. The van der Waals surface area contributed by atoms with Crippen LogP contribution in [0, 0.1) is 11.8 Å². The summed E-state index contributed by atoms with van der Waals surface area (Å²) < 4.78 is 24.4. The fourth-order valence-corrected chi connectivity index (χ4v) is 5.25. The van der Waals surface area contributed by atoms with Crippen LogP contribution in [0.4, 0.5) is 0 Å². The lowest BCUT2D eigenvalue weighted by Gasteiger charge is -2.48. The zero-order valence-corrected chi connectivity index (χ0v) is 20.5. The molecule has 12 atom stereocenters. The Labute approximate surface area is 197 Å². The van der Waals surface area contributed by atoms with E-state index in [1.165, 1.54) is 0 Å². The highest BCUT2D eigenvalue weighted by molar-refractivity contribution is 4.98. The Hall–Kier alpha value is -0.360. The molecular formula is C24H45NO8. The number of rotatable bonds is 9. The number of aliphatic hydroxyl groups is 4. The van der Waals surface area contributed by atoms with Crippen molar-refractivity contribution in [2.75, 3.05) is 13.2 Å². The van der Waals surface area contributed by atoms with Gasteiger partial charge in [-0.15, -0.1) is 0 Å². The molecule has 3 aliphatic rings. The van der Waals surface area contributed by atoms with Gasteiger partial charge in [0.1, 0.15) is 24.4 Å². The largest absolute Gasteiger partial charge is 0.394 e. The van der Waals surface area contributed by atoms with Crippen molar-refractivity contribution >= 4 is 0 Å². The molecule has 9 heteroatoms. The quantitative estimate of drug-likeness (QED) is 0.330. The number of nitrogens with one attached hydrogen (secondary N) is 1. The maximum Gasteiger partial charge on any atom is 0.184 e. The molecule has 0 amide bonds. The van der Waals surface area contributed by atoms with Gasteiger partial charge in [-0.25, -0.2) is 0 Å². The second-order valence-electron chi connectivity index (χ2n) is 10.2. The molecule has 0 bridgehead atoms. The maximum absolute atomic E-state index is 11.4. The molecule has 5 N–H and O–H groups in total. The molecule has 2 saturated heterocycles. The van der Waals surface area contributed by atoms with Crippen LogP contribution in [-0.4, -0.2) is 94.9 Å². The normalized spacial score (nSPS) is 46.9. The summed E-state index contributed by atoms with van der Waals surface area (Å²) in [6.45, 7) is 8.75. The molecule has 2 heterocycles. The molecule has 0 aromatic carbocycles. The van der Waals surface area contributed by atoms with Crippen LogP contribution >= 0.6 is 0 Å². The molecule has 1 aliphatic carbocycles. The van der Waals surface area contributed by atoms with Crippen molar-refractivity contribution in [3.63, 3.8) is 0 Å². The molecular weight excluding hydrogens is 430 g/mol. The van der Waals surface area contributed by atoms with Crippen LogP contribution in [0.1, 0.15) is 66.2 Å². The van der Waals surface area contributed by atoms with E-state index in [-0.39, 0.29) is 43.3 Å². The number of ether oxygens (including phenoxy) is 4. The first-order chi connectivity index (χ1) is 15.8. The first-order valence-electron chi connectivity index (χ1n) is 12.8. The van der Waals surface area contributed by atoms with Crippen LogP contribution in [0.5, 0.6) is 0 Å².